The molecule has 1 aliphatic heterocycles. The van der Waals surface area contributed by atoms with Crippen molar-refractivity contribution in [2.24, 2.45) is 0 Å². The van der Waals surface area contributed by atoms with Gasteiger partial charge in [0, 0.05) is 35.8 Å². The number of anilines is 1. The molecule has 3 rings (SSSR count). The Balaban J connectivity index is 1.84. The Morgan fingerprint density at radius 2 is 2.25 bits per heavy atom. The lowest BCUT2D eigenvalue weighted by atomic mass is 10.1. The molecule has 1 amide bonds. The highest BCUT2D eigenvalue weighted by atomic mass is 79.9. The first-order valence-corrected chi connectivity index (χ1v) is 8.00. The van der Waals surface area contributed by atoms with Crippen LogP contribution in [-0.2, 0) is 11.3 Å². The molecule has 2 N–H and O–H groups in total. The minimum Gasteiger partial charge on any atom is -0.358 e. The molecule has 4 nitrogen and oxygen atoms in total. The molecule has 1 aliphatic carbocycles. The summed E-state index contributed by atoms with van der Waals surface area (Å²) in [6.07, 6.45) is 2.57. The van der Waals surface area contributed by atoms with Crippen molar-refractivity contribution in [3.05, 3.63) is 28.2 Å². The molecule has 1 atom stereocenters. The molecule has 5 heteroatoms. The predicted molar refractivity (Wildman–Crippen MR) is 83.8 cm³/mol. The van der Waals surface area contributed by atoms with E-state index in [1.54, 1.807) is 0 Å². The highest BCUT2D eigenvalue weighted by molar-refractivity contribution is 9.10. The molecule has 1 unspecified atom stereocenters. The van der Waals surface area contributed by atoms with Crippen molar-refractivity contribution in [1.29, 1.82) is 0 Å². The molecule has 0 bridgehead atoms. The van der Waals surface area contributed by atoms with Gasteiger partial charge in [0.1, 0.15) is 6.04 Å². The van der Waals surface area contributed by atoms with Gasteiger partial charge in [0.25, 0.3) is 0 Å². The molecule has 1 saturated heterocycles. The number of piperazine rings is 1. The van der Waals surface area contributed by atoms with Crippen LogP contribution in [0.4, 0.5) is 5.69 Å². The van der Waals surface area contributed by atoms with Gasteiger partial charge >= 0.3 is 0 Å². The van der Waals surface area contributed by atoms with Crippen LogP contribution in [0.1, 0.15) is 25.3 Å². The number of nitrogens with one attached hydrogen (secondary N) is 2. The van der Waals surface area contributed by atoms with Gasteiger partial charge in [-0.05, 0) is 37.5 Å². The van der Waals surface area contributed by atoms with Gasteiger partial charge in [0.05, 0.1) is 0 Å². The van der Waals surface area contributed by atoms with E-state index in [-0.39, 0.29) is 11.9 Å². The summed E-state index contributed by atoms with van der Waals surface area (Å²) in [5.74, 6) is 0.109. The Kier molecular flexibility index (Phi) is 3.98. The Morgan fingerprint density at radius 1 is 1.45 bits per heavy atom. The number of hydrogen-bond donors (Lipinski definition) is 2. The molecule has 2 aliphatic rings. The van der Waals surface area contributed by atoms with E-state index in [9.17, 15) is 4.79 Å². The van der Waals surface area contributed by atoms with Crippen LogP contribution in [0, 0.1) is 0 Å². The molecule has 1 aromatic rings. The molecular weight excluding hydrogens is 318 g/mol. The van der Waals surface area contributed by atoms with E-state index in [0.717, 1.165) is 23.2 Å². The van der Waals surface area contributed by atoms with Crippen LogP contribution in [0.2, 0.25) is 0 Å². The SMILES string of the molecule is CC1C(=O)NCCN1c1cc(Br)ccc1CNC1CC1. The van der Waals surface area contributed by atoms with Crippen molar-refractivity contribution < 1.29 is 4.79 Å². The van der Waals surface area contributed by atoms with Crippen LogP contribution in [0.3, 0.4) is 0 Å². The van der Waals surface area contributed by atoms with E-state index in [4.69, 9.17) is 0 Å². The first-order chi connectivity index (χ1) is 9.65. The zero-order valence-electron chi connectivity index (χ0n) is 11.7. The topological polar surface area (TPSA) is 44.4 Å². The van der Waals surface area contributed by atoms with Crippen molar-refractivity contribution in [3.8, 4) is 0 Å². The monoisotopic (exact) mass is 337 g/mol. The van der Waals surface area contributed by atoms with Crippen LogP contribution in [0.5, 0.6) is 0 Å². The average molecular weight is 338 g/mol. The van der Waals surface area contributed by atoms with Gasteiger partial charge in [-0.1, -0.05) is 22.0 Å². The van der Waals surface area contributed by atoms with E-state index >= 15 is 0 Å². The second-order valence-electron chi connectivity index (χ2n) is 5.59. The molecule has 0 radical (unpaired) electrons. The highest BCUT2D eigenvalue weighted by Gasteiger charge is 2.27. The molecule has 2 fully saturated rings. The van der Waals surface area contributed by atoms with Gasteiger partial charge in [-0.2, -0.15) is 0 Å². The van der Waals surface area contributed by atoms with Gasteiger partial charge in [0.15, 0.2) is 0 Å². The maximum Gasteiger partial charge on any atom is 0.242 e. The Morgan fingerprint density at radius 3 is 3.00 bits per heavy atom. The van der Waals surface area contributed by atoms with E-state index in [2.05, 4.69) is 49.7 Å². The molecule has 0 spiro atoms. The zero-order valence-corrected chi connectivity index (χ0v) is 13.2. The first-order valence-electron chi connectivity index (χ1n) is 7.21. The molecule has 1 heterocycles. The van der Waals surface area contributed by atoms with Crippen molar-refractivity contribution >= 4 is 27.5 Å². The quantitative estimate of drug-likeness (QED) is 0.883. The van der Waals surface area contributed by atoms with Gasteiger partial charge in [-0.15, -0.1) is 0 Å². The summed E-state index contributed by atoms with van der Waals surface area (Å²) in [4.78, 5) is 14.1. The van der Waals surface area contributed by atoms with E-state index in [1.165, 1.54) is 18.4 Å². The van der Waals surface area contributed by atoms with E-state index in [1.807, 2.05) is 6.92 Å². The molecule has 1 saturated carbocycles. The average Bonchev–Trinajstić information content (AvgIpc) is 3.25. The Bertz CT molecular complexity index is 516. The smallest absolute Gasteiger partial charge is 0.242 e. The normalized spacial score (nSPS) is 22.8. The number of hydrogen-bond acceptors (Lipinski definition) is 3. The first kappa shape index (κ1) is 13.9. The summed E-state index contributed by atoms with van der Waals surface area (Å²) in [7, 11) is 0. The fourth-order valence-corrected chi connectivity index (χ4v) is 2.96. The van der Waals surface area contributed by atoms with Crippen LogP contribution in [-0.4, -0.2) is 31.1 Å². The lowest BCUT2D eigenvalue weighted by molar-refractivity contribution is -0.122. The summed E-state index contributed by atoms with van der Waals surface area (Å²) in [6.45, 7) is 4.41. The van der Waals surface area contributed by atoms with Gasteiger partial charge in [0.2, 0.25) is 5.91 Å². The third-order valence-corrected chi connectivity index (χ3v) is 4.51. The summed E-state index contributed by atoms with van der Waals surface area (Å²) in [5, 5.41) is 6.47. The Labute approximate surface area is 128 Å². The highest BCUT2D eigenvalue weighted by Crippen LogP contribution is 2.29. The van der Waals surface area contributed by atoms with Crippen molar-refractivity contribution in [3.63, 3.8) is 0 Å². The van der Waals surface area contributed by atoms with Crippen LogP contribution in [0.15, 0.2) is 22.7 Å². The van der Waals surface area contributed by atoms with Crippen molar-refractivity contribution in [2.75, 3.05) is 18.0 Å². The van der Waals surface area contributed by atoms with E-state index in [0.29, 0.717) is 12.6 Å². The number of amides is 1. The van der Waals surface area contributed by atoms with Gasteiger partial charge in [-0.3, -0.25) is 4.79 Å². The predicted octanol–water partition coefficient (Wildman–Crippen LogP) is 2.03. The largest absolute Gasteiger partial charge is 0.358 e. The zero-order chi connectivity index (χ0) is 14.1. The minimum atomic E-state index is -0.113. The van der Waals surface area contributed by atoms with Crippen LogP contribution < -0.4 is 15.5 Å². The van der Waals surface area contributed by atoms with Crippen molar-refractivity contribution in [1.82, 2.24) is 10.6 Å². The van der Waals surface area contributed by atoms with Crippen LogP contribution in [0.25, 0.3) is 0 Å². The molecule has 0 aromatic heterocycles. The van der Waals surface area contributed by atoms with Gasteiger partial charge < -0.3 is 15.5 Å². The number of carbonyl (C=O) groups excluding carboxylic acids is 1. The second kappa shape index (κ2) is 5.74. The van der Waals surface area contributed by atoms with Crippen LogP contribution >= 0.6 is 15.9 Å². The Hall–Kier alpha value is -1.07. The fourth-order valence-electron chi connectivity index (χ4n) is 2.61. The standard InChI is InChI=1S/C15H20BrN3O/c1-10-15(20)17-6-7-19(10)14-8-12(16)3-2-11(14)9-18-13-4-5-13/h2-3,8,10,13,18H,4-7,9H2,1H3,(H,17,20). The summed E-state index contributed by atoms with van der Waals surface area (Å²) in [5.41, 5.74) is 2.43. The molecule has 20 heavy (non-hydrogen) atoms. The number of nitrogens with zero attached hydrogens (tertiary/aromatic N) is 1. The summed E-state index contributed by atoms with van der Waals surface area (Å²) >= 11 is 3.54. The molecule has 108 valence electrons. The van der Waals surface area contributed by atoms with Gasteiger partial charge in [-0.25, -0.2) is 0 Å². The third-order valence-electron chi connectivity index (χ3n) is 4.01. The molecule has 1 aromatic carbocycles. The fraction of sp³-hybridized carbons (Fsp3) is 0.533. The van der Waals surface area contributed by atoms with E-state index < -0.39 is 0 Å². The molecular formula is C15H20BrN3O. The third kappa shape index (κ3) is 2.99. The lowest BCUT2D eigenvalue weighted by Gasteiger charge is -2.36. The minimum absolute atomic E-state index is 0.109. The number of rotatable bonds is 4. The van der Waals surface area contributed by atoms with Crippen molar-refractivity contribution in [2.45, 2.75) is 38.4 Å². The summed E-state index contributed by atoms with van der Waals surface area (Å²) in [6, 6.07) is 6.92. The lowest BCUT2D eigenvalue weighted by Crippen LogP contribution is -2.54. The maximum absolute atomic E-state index is 11.9. The summed E-state index contributed by atoms with van der Waals surface area (Å²) < 4.78 is 1.06. The maximum atomic E-state index is 11.9. The number of halogens is 1. The number of benzene rings is 1. The second-order valence-corrected chi connectivity index (χ2v) is 6.50. The number of carbonyl (C=O) groups is 1.